The molecule has 0 radical (unpaired) electrons. The SMILES string of the molecule is Cc1cc(CNC2CCCCC2CN)on1. The van der Waals surface area contributed by atoms with E-state index in [-0.39, 0.29) is 0 Å². The number of rotatable bonds is 4. The molecular formula is C12H21N3O. The molecule has 3 N–H and O–H groups in total. The van der Waals surface area contributed by atoms with Crippen LogP contribution in [0.5, 0.6) is 0 Å². The maximum Gasteiger partial charge on any atom is 0.150 e. The second-order valence-corrected chi connectivity index (χ2v) is 4.70. The van der Waals surface area contributed by atoms with Crippen LogP contribution in [0, 0.1) is 12.8 Å². The molecule has 1 heterocycles. The van der Waals surface area contributed by atoms with Crippen molar-refractivity contribution in [2.24, 2.45) is 11.7 Å². The minimum atomic E-state index is 0.546. The van der Waals surface area contributed by atoms with Gasteiger partial charge in [-0.2, -0.15) is 0 Å². The normalized spacial score (nSPS) is 25.9. The molecule has 0 aliphatic heterocycles. The Bertz CT molecular complexity index is 324. The van der Waals surface area contributed by atoms with Crippen LogP contribution >= 0.6 is 0 Å². The monoisotopic (exact) mass is 223 g/mol. The van der Waals surface area contributed by atoms with Crippen LogP contribution in [0.4, 0.5) is 0 Å². The molecule has 0 bridgehead atoms. The Morgan fingerprint density at radius 1 is 1.50 bits per heavy atom. The highest BCUT2D eigenvalue weighted by atomic mass is 16.5. The summed E-state index contributed by atoms with van der Waals surface area (Å²) in [6.45, 7) is 3.49. The lowest BCUT2D eigenvalue weighted by atomic mass is 9.84. The Balaban J connectivity index is 1.84. The molecule has 0 aromatic carbocycles. The van der Waals surface area contributed by atoms with E-state index in [0.29, 0.717) is 12.0 Å². The second kappa shape index (κ2) is 5.46. The van der Waals surface area contributed by atoms with Crippen LogP contribution in [0.3, 0.4) is 0 Å². The van der Waals surface area contributed by atoms with Crippen LogP contribution in [0.1, 0.15) is 37.1 Å². The molecule has 2 unspecified atom stereocenters. The van der Waals surface area contributed by atoms with Gasteiger partial charge < -0.3 is 15.6 Å². The molecule has 0 saturated heterocycles. The number of aryl methyl sites for hydroxylation is 1. The summed E-state index contributed by atoms with van der Waals surface area (Å²) in [5, 5.41) is 7.42. The van der Waals surface area contributed by atoms with Crippen molar-refractivity contribution in [2.45, 2.75) is 45.2 Å². The van der Waals surface area contributed by atoms with Crippen molar-refractivity contribution in [1.82, 2.24) is 10.5 Å². The van der Waals surface area contributed by atoms with Crippen molar-refractivity contribution in [2.75, 3.05) is 6.54 Å². The molecule has 2 atom stereocenters. The Kier molecular flexibility index (Phi) is 3.96. The van der Waals surface area contributed by atoms with E-state index in [9.17, 15) is 0 Å². The maximum absolute atomic E-state index is 5.79. The fourth-order valence-corrected chi connectivity index (χ4v) is 2.49. The van der Waals surface area contributed by atoms with Gasteiger partial charge in [0.05, 0.1) is 12.2 Å². The lowest BCUT2D eigenvalue weighted by Gasteiger charge is -2.31. The predicted molar refractivity (Wildman–Crippen MR) is 62.9 cm³/mol. The van der Waals surface area contributed by atoms with Crippen molar-refractivity contribution in [3.63, 3.8) is 0 Å². The highest BCUT2D eigenvalue weighted by molar-refractivity contribution is 5.03. The summed E-state index contributed by atoms with van der Waals surface area (Å²) >= 11 is 0. The Labute approximate surface area is 96.6 Å². The van der Waals surface area contributed by atoms with Gasteiger partial charge in [-0.1, -0.05) is 18.0 Å². The molecule has 90 valence electrons. The van der Waals surface area contributed by atoms with E-state index < -0.39 is 0 Å². The third-order valence-electron chi connectivity index (χ3n) is 3.43. The van der Waals surface area contributed by atoms with Crippen LogP contribution in [-0.4, -0.2) is 17.7 Å². The average Bonchev–Trinajstić information content (AvgIpc) is 2.73. The standard InChI is InChI=1S/C12H21N3O/c1-9-6-11(16-15-9)8-14-12-5-3-2-4-10(12)7-13/h6,10,12,14H,2-5,7-8,13H2,1H3. The van der Waals surface area contributed by atoms with Gasteiger partial charge in [0.2, 0.25) is 0 Å². The first-order valence-corrected chi connectivity index (χ1v) is 6.15. The highest BCUT2D eigenvalue weighted by Gasteiger charge is 2.23. The van der Waals surface area contributed by atoms with E-state index in [1.807, 2.05) is 13.0 Å². The zero-order valence-corrected chi connectivity index (χ0v) is 9.91. The first kappa shape index (κ1) is 11.6. The smallest absolute Gasteiger partial charge is 0.150 e. The van der Waals surface area contributed by atoms with Crippen LogP contribution in [0.25, 0.3) is 0 Å². The highest BCUT2D eigenvalue weighted by Crippen LogP contribution is 2.23. The molecule has 1 saturated carbocycles. The zero-order valence-electron chi connectivity index (χ0n) is 9.91. The van der Waals surface area contributed by atoms with Gasteiger partial charge in [0.15, 0.2) is 5.76 Å². The van der Waals surface area contributed by atoms with E-state index in [1.165, 1.54) is 25.7 Å². The first-order chi connectivity index (χ1) is 7.79. The lowest BCUT2D eigenvalue weighted by molar-refractivity contribution is 0.256. The topological polar surface area (TPSA) is 64.1 Å². The molecule has 0 amide bonds. The summed E-state index contributed by atoms with van der Waals surface area (Å²) < 4.78 is 5.18. The van der Waals surface area contributed by atoms with Crippen LogP contribution < -0.4 is 11.1 Å². The van der Waals surface area contributed by atoms with E-state index in [2.05, 4.69) is 10.5 Å². The Morgan fingerprint density at radius 2 is 2.31 bits per heavy atom. The molecule has 1 aliphatic rings. The minimum absolute atomic E-state index is 0.546. The molecule has 2 rings (SSSR count). The summed E-state index contributed by atoms with van der Waals surface area (Å²) in [5.41, 5.74) is 6.73. The van der Waals surface area contributed by atoms with Crippen molar-refractivity contribution in [3.8, 4) is 0 Å². The Morgan fingerprint density at radius 3 is 3.00 bits per heavy atom. The number of nitrogens with two attached hydrogens (primary N) is 1. The van der Waals surface area contributed by atoms with Gasteiger partial charge in [0.25, 0.3) is 0 Å². The molecule has 4 nitrogen and oxygen atoms in total. The van der Waals surface area contributed by atoms with Crippen molar-refractivity contribution in [3.05, 3.63) is 17.5 Å². The summed E-state index contributed by atoms with van der Waals surface area (Å²) in [7, 11) is 0. The third kappa shape index (κ3) is 2.83. The van der Waals surface area contributed by atoms with E-state index in [1.54, 1.807) is 0 Å². The summed E-state index contributed by atoms with van der Waals surface area (Å²) in [4.78, 5) is 0. The average molecular weight is 223 g/mol. The predicted octanol–water partition coefficient (Wildman–Crippen LogP) is 1.59. The summed E-state index contributed by atoms with van der Waals surface area (Å²) in [6.07, 6.45) is 5.11. The number of aromatic nitrogens is 1. The molecule has 1 aromatic rings. The molecule has 16 heavy (non-hydrogen) atoms. The van der Waals surface area contributed by atoms with Gasteiger partial charge in [0.1, 0.15) is 0 Å². The van der Waals surface area contributed by atoms with Gasteiger partial charge in [0, 0.05) is 12.1 Å². The molecular weight excluding hydrogens is 202 g/mol. The van der Waals surface area contributed by atoms with E-state index >= 15 is 0 Å². The van der Waals surface area contributed by atoms with Crippen molar-refractivity contribution in [1.29, 1.82) is 0 Å². The van der Waals surface area contributed by atoms with Gasteiger partial charge in [-0.3, -0.25) is 0 Å². The van der Waals surface area contributed by atoms with Crippen molar-refractivity contribution >= 4 is 0 Å². The van der Waals surface area contributed by atoms with E-state index in [4.69, 9.17) is 10.3 Å². The van der Waals surface area contributed by atoms with Gasteiger partial charge >= 0.3 is 0 Å². The number of hydrogen-bond acceptors (Lipinski definition) is 4. The van der Waals surface area contributed by atoms with Gasteiger partial charge in [-0.15, -0.1) is 0 Å². The number of hydrogen-bond donors (Lipinski definition) is 2. The van der Waals surface area contributed by atoms with Gasteiger partial charge in [-0.05, 0) is 32.2 Å². The maximum atomic E-state index is 5.79. The first-order valence-electron chi connectivity index (χ1n) is 6.15. The third-order valence-corrected chi connectivity index (χ3v) is 3.43. The lowest BCUT2D eigenvalue weighted by Crippen LogP contribution is -2.41. The molecule has 1 aromatic heterocycles. The molecule has 1 fully saturated rings. The fourth-order valence-electron chi connectivity index (χ4n) is 2.49. The minimum Gasteiger partial charge on any atom is -0.360 e. The number of nitrogens with zero attached hydrogens (tertiary/aromatic N) is 1. The van der Waals surface area contributed by atoms with E-state index in [0.717, 1.165) is 24.5 Å². The summed E-state index contributed by atoms with van der Waals surface area (Å²) in [5.74, 6) is 1.54. The molecule has 1 aliphatic carbocycles. The zero-order chi connectivity index (χ0) is 11.4. The van der Waals surface area contributed by atoms with Gasteiger partial charge in [-0.25, -0.2) is 0 Å². The number of nitrogens with one attached hydrogen (secondary N) is 1. The largest absolute Gasteiger partial charge is 0.360 e. The quantitative estimate of drug-likeness (QED) is 0.813. The molecule has 4 heteroatoms. The summed E-state index contributed by atoms with van der Waals surface area (Å²) in [6, 6.07) is 2.52. The molecule has 0 spiro atoms. The Hall–Kier alpha value is -0.870. The van der Waals surface area contributed by atoms with Crippen molar-refractivity contribution < 1.29 is 4.52 Å². The fraction of sp³-hybridized carbons (Fsp3) is 0.750. The van der Waals surface area contributed by atoms with Crippen LogP contribution in [-0.2, 0) is 6.54 Å². The second-order valence-electron chi connectivity index (χ2n) is 4.70. The van der Waals surface area contributed by atoms with Crippen LogP contribution in [0.2, 0.25) is 0 Å². The van der Waals surface area contributed by atoms with Crippen LogP contribution in [0.15, 0.2) is 10.6 Å².